The standard InChI is InChI=1S/C21H30N4O3.HI/c1-4-22-20(25-14-21(3,26)18-9-5-15(2)28-18)24-12-17-8-10-19(23-11-17)27-13-16-6-7-16;/h5,8-11,16,26H,4,6-7,12-14H2,1-3H3,(H2,22,24,25);1H. The molecule has 1 saturated carbocycles. The fourth-order valence-corrected chi connectivity index (χ4v) is 2.66. The first-order valence-electron chi connectivity index (χ1n) is 9.85. The quantitative estimate of drug-likeness (QED) is 0.270. The molecule has 29 heavy (non-hydrogen) atoms. The van der Waals surface area contributed by atoms with Crippen LogP contribution in [0.4, 0.5) is 0 Å². The predicted molar refractivity (Wildman–Crippen MR) is 124 cm³/mol. The van der Waals surface area contributed by atoms with E-state index >= 15 is 0 Å². The molecule has 2 heterocycles. The van der Waals surface area contributed by atoms with Crippen LogP contribution in [0.2, 0.25) is 0 Å². The predicted octanol–water partition coefficient (Wildman–Crippen LogP) is 3.35. The number of ether oxygens (including phenoxy) is 1. The minimum Gasteiger partial charge on any atom is -0.477 e. The highest BCUT2D eigenvalue weighted by Gasteiger charge is 2.27. The zero-order valence-electron chi connectivity index (χ0n) is 17.3. The van der Waals surface area contributed by atoms with Gasteiger partial charge in [-0.1, -0.05) is 6.07 Å². The largest absolute Gasteiger partial charge is 0.477 e. The van der Waals surface area contributed by atoms with Crippen molar-refractivity contribution in [3.05, 3.63) is 47.5 Å². The van der Waals surface area contributed by atoms with Gasteiger partial charge in [0.2, 0.25) is 5.88 Å². The van der Waals surface area contributed by atoms with Crippen molar-refractivity contribution in [2.45, 2.75) is 45.8 Å². The summed E-state index contributed by atoms with van der Waals surface area (Å²) < 4.78 is 11.2. The highest BCUT2D eigenvalue weighted by Crippen LogP contribution is 2.29. The van der Waals surface area contributed by atoms with Gasteiger partial charge in [0.25, 0.3) is 0 Å². The Labute approximate surface area is 189 Å². The van der Waals surface area contributed by atoms with E-state index in [9.17, 15) is 5.11 Å². The van der Waals surface area contributed by atoms with Crippen LogP contribution >= 0.6 is 24.0 Å². The number of aliphatic hydroxyl groups is 1. The maximum Gasteiger partial charge on any atom is 0.213 e. The van der Waals surface area contributed by atoms with E-state index in [0.717, 1.165) is 24.5 Å². The number of aromatic nitrogens is 1. The molecule has 0 amide bonds. The van der Waals surface area contributed by atoms with Crippen LogP contribution in [0, 0.1) is 12.8 Å². The molecule has 7 nitrogen and oxygen atoms in total. The summed E-state index contributed by atoms with van der Waals surface area (Å²) in [6, 6.07) is 7.50. The van der Waals surface area contributed by atoms with Crippen molar-refractivity contribution < 1.29 is 14.3 Å². The second-order valence-corrected chi connectivity index (χ2v) is 7.49. The summed E-state index contributed by atoms with van der Waals surface area (Å²) in [6.45, 7) is 7.80. The van der Waals surface area contributed by atoms with Gasteiger partial charge < -0.3 is 24.9 Å². The molecule has 3 N–H and O–H groups in total. The van der Waals surface area contributed by atoms with Crippen molar-refractivity contribution in [2.75, 3.05) is 19.7 Å². The molecule has 1 aliphatic carbocycles. The molecular formula is C21H31IN4O3. The fourth-order valence-electron chi connectivity index (χ4n) is 2.66. The lowest BCUT2D eigenvalue weighted by atomic mass is 10.0. The number of hydrogen-bond acceptors (Lipinski definition) is 5. The van der Waals surface area contributed by atoms with Crippen LogP contribution in [0.3, 0.4) is 0 Å². The van der Waals surface area contributed by atoms with Crippen LogP contribution in [0.1, 0.15) is 43.8 Å². The van der Waals surface area contributed by atoms with Crippen LogP contribution in [0.5, 0.6) is 5.88 Å². The number of hydrogen-bond donors (Lipinski definition) is 3. The summed E-state index contributed by atoms with van der Waals surface area (Å²) in [7, 11) is 0. The lowest BCUT2D eigenvalue weighted by Crippen LogP contribution is -2.44. The van der Waals surface area contributed by atoms with Gasteiger partial charge in [-0.25, -0.2) is 9.98 Å². The number of furan rings is 1. The minimum absolute atomic E-state index is 0. The molecule has 1 fully saturated rings. The number of guanidine groups is 1. The van der Waals surface area contributed by atoms with Gasteiger partial charge in [-0.2, -0.15) is 0 Å². The third-order valence-electron chi connectivity index (χ3n) is 4.60. The SMILES string of the molecule is CCNC(=NCc1ccc(OCC2CC2)nc1)NCC(C)(O)c1ccc(C)o1.I. The van der Waals surface area contributed by atoms with Crippen molar-refractivity contribution >= 4 is 29.9 Å². The number of pyridine rings is 1. The highest BCUT2D eigenvalue weighted by atomic mass is 127. The number of halogens is 1. The average Bonchev–Trinajstić information content (AvgIpc) is 3.41. The Bertz CT molecular complexity index is 785. The van der Waals surface area contributed by atoms with Crippen molar-refractivity contribution in [2.24, 2.45) is 10.9 Å². The Balaban J connectivity index is 0.00000300. The summed E-state index contributed by atoms with van der Waals surface area (Å²) in [6.07, 6.45) is 4.32. The summed E-state index contributed by atoms with van der Waals surface area (Å²) in [5.74, 6) is 3.30. The molecule has 0 saturated heterocycles. The van der Waals surface area contributed by atoms with Gasteiger partial charge in [-0.3, -0.25) is 0 Å². The van der Waals surface area contributed by atoms with Crippen molar-refractivity contribution in [1.82, 2.24) is 15.6 Å². The van der Waals surface area contributed by atoms with Crippen LogP contribution in [-0.4, -0.2) is 35.7 Å². The van der Waals surface area contributed by atoms with Crippen molar-refractivity contribution in [3.8, 4) is 5.88 Å². The van der Waals surface area contributed by atoms with Gasteiger partial charge in [0.1, 0.15) is 17.1 Å². The Kier molecular flexibility index (Phi) is 8.76. The average molecular weight is 514 g/mol. The number of rotatable bonds is 9. The molecule has 0 radical (unpaired) electrons. The number of nitrogens with one attached hydrogen (secondary N) is 2. The van der Waals surface area contributed by atoms with Gasteiger partial charge in [0.05, 0.1) is 19.7 Å². The van der Waals surface area contributed by atoms with Gasteiger partial charge in [0, 0.05) is 18.8 Å². The van der Waals surface area contributed by atoms with Crippen molar-refractivity contribution in [3.63, 3.8) is 0 Å². The molecule has 3 rings (SSSR count). The minimum atomic E-state index is -1.13. The molecule has 160 valence electrons. The van der Waals surface area contributed by atoms with E-state index in [0.29, 0.717) is 30.1 Å². The zero-order valence-corrected chi connectivity index (χ0v) is 19.6. The van der Waals surface area contributed by atoms with Gasteiger partial charge >= 0.3 is 0 Å². The van der Waals surface area contributed by atoms with E-state index in [-0.39, 0.29) is 30.5 Å². The number of aryl methyl sites for hydroxylation is 1. The maximum absolute atomic E-state index is 10.7. The summed E-state index contributed by atoms with van der Waals surface area (Å²) in [5.41, 5.74) is -0.142. The topological polar surface area (TPSA) is 91.9 Å². The monoisotopic (exact) mass is 514 g/mol. The number of nitrogens with zero attached hydrogens (tertiary/aromatic N) is 2. The summed E-state index contributed by atoms with van der Waals surface area (Å²) >= 11 is 0. The lowest BCUT2D eigenvalue weighted by molar-refractivity contribution is 0.0378. The fraction of sp³-hybridized carbons (Fsp3) is 0.524. The molecule has 8 heteroatoms. The molecule has 1 aliphatic rings. The van der Waals surface area contributed by atoms with Gasteiger partial charge in [-0.05, 0) is 57.2 Å². The van der Waals surface area contributed by atoms with Crippen molar-refractivity contribution in [1.29, 1.82) is 0 Å². The second-order valence-electron chi connectivity index (χ2n) is 7.49. The molecule has 0 aliphatic heterocycles. The molecule has 0 aromatic carbocycles. The van der Waals surface area contributed by atoms with E-state index in [1.165, 1.54) is 12.8 Å². The molecule has 2 aromatic rings. The Morgan fingerprint density at radius 1 is 1.31 bits per heavy atom. The Morgan fingerprint density at radius 3 is 2.69 bits per heavy atom. The third-order valence-corrected chi connectivity index (χ3v) is 4.60. The highest BCUT2D eigenvalue weighted by molar-refractivity contribution is 14.0. The molecule has 0 spiro atoms. The maximum atomic E-state index is 10.7. The van der Waals surface area contributed by atoms with Gasteiger partial charge in [-0.15, -0.1) is 24.0 Å². The van der Waals surface area contributed by atoms with Crippen LogP contribution in [-0.2, 0) is 12.1 Å². The third kappa shape index (κ3) is 7.50. The molecule has 1 unspecified atom stereocenters. The molecule has 1 atom stereocenters. The van der Waals surface area contributed by atoms with Crippen LogP contribution in [0.15, 0.2) is 39.9 Å². The zero-order chi connectivity index (χ0) is 20.0. The molecule has 2 aromatic heterocycles. The first kappa shape index (κ1) is 23.5. The van der Waals surface area contributed by atoms with E-state index in [4.69, 9.17) is 9.15 Å². The first-order chi connectivity index (χ1) is 13.5. The van der Waals surface area contributed by atoms with Gasteiger partial charge in [0.15, 0.2) is 5.96 Å². The lowest BCUT2D eigenvalue weighted by Gasteiger charge is -2.22. The number of aliphatic imine (C=N–C) groups is 1. The van der Waals surface area contributed by atoms with Crippen LogP contribution in [0.25, 0.3) is 0 Å². The first-order valence-corrected chi connectivity index (χ1v) is 9.85. The Morgan fingerprint density at radius 2 is 2.10 bits per heavy atom. The van der Waals surface area contributed by atoms with E-state index < -0.39 is 5.60 Å². The second kappa shape index (κ2) is 10.8. The van der Waals surface area contributed by atoms with E-state index in [2.05, 4.69) is 20.6 Å². The van der Waals surface area contributed by atoms with E-state index in [1.807, 2.05) is 32.0 Å². The normalized spacial score (nSPS) is 15.9. The van der Waals surface area contributed by atoms with E-state index in [1.54, 1.807) is 19.2 Å². The summed E-state index contributed by atoms with van der Waals surface area (Å²) in [4.78, 5) is 8.92. The van der Waals surface area contributed by atoms with Crippen LogP contribution < -0.4 is 15.4 Å². The smallest absolute Gasteiger partial charge is 0.213 e. The summed E-state index contributed by atoms with van der Waals surface area (Å²) in [5, 5.41) is 17.0. The molecular weight excluding hydrogens is 483 g/mol. The molecule has 0 bridgehead atoms. The Hall–Kier alpha value is -1.81.